The molecule has 0 aliphatic carbocycles. The number of aryl methyl sites for hydroxylation is 3. The summed E-state index contributed by atoms with van der Waals surface area (Å²) in [6, 6.07) is 15.5. The molecule has 3 aromatic carbocycles. The molecule has 0 aliphatic rings. The minimum Gasteiger partial charge on any atom is -0.497 e. The Morgan fingerprint density at radius 2 is 1.55 bits per heavy atom. The van der Waals surface area contributed by atoms with Gasteiger partial charge in [0.05, 0.1) is 7.11 Å². The molecule has 0 fully saturated rings. The first-order chi connectivity index (χ1) is 13.9. The number of benzene rings is 3. The molecule has 0 N–H and O–H groups in total. The predicted octanol–water partition coefficient (Wildman–Crippen LogP) is 5.21. The van der Waals surface area contributed by atoms with Crippen LogP contribution < -0.4 is 4.74 Å². The van der Waals surface area contributed by atoms with Gasteiger partial charge in [0.2, 0.25) is 5.78 Å². The quantitative estimate of drug-likeness (QED) is 0.330. The number of Topliss-reactive ketones (excluding diaryl/α,β-unsaturated/α-hetero) is 1. The summed E-state index contributed by atoms with van der Waals surface area (Å²) in [6.07, 6.45) is 3.02. The summed E-state index contributed by atoms with van der Waals surface area (Å²) in [5, 5.41) is 2.10. The average Bonchev–Trinajstić information content (AvgIpc) is 2.72. The topological polar surface area (TPSA) is 52.6 Å². The first-order valence-electron chi connectivity index (χ1n) is 9.41. The number of methoxy groups -OCH3 is 1. The average molecular weight is 388 g/mol. The van der Waals surface area contributed by atoms with Crippen LogP contribution in [-0.2, 0) is 9.53 Å². The maximum atomic E-state index is 12.4. The van der Waals surface area contributed by atoms with E-state index in [1.165, 1.54) is 6.08 Å². The Bertz CT molecular complexity index is 1110. The number of carbonyl (C=O) groups excluding carboxylic acids is 2. The van der Waals surface area contributed by atoms with Crippen molar-refractivity contribution in [1.82, 2.24) is 0 Å². The van der Waals surface area contributed by atoms with Crippen molar-refractivity contribution in [3.8, 4) is 5.75 Å². The highest BCUT2D eigenvalue weighted by molar-refractivity contribution is 6.00. The van der Waals surface area contributed by atoms with Crippen molar-refractivity contribution in [2.24, 2.45) is 0 Å². The highest BCUT2D eigenvalue weighted by Gasteiger charge is 2.12. The Balaban J connectivity index is 1.63. The molecule has 29 heavy (non-hydrogen) atoms. The zero-order valence-electron chi connectivity index (χ0n) is 17.1. The maximum absolute atomic E-state index is 12.4. The van der Waals surface area contributed by atoms with Crippen LogP contribution in [0.3, 0.4) is 0 Å². The minimum absolute atomic E-state index is 0.202. The standard InChI is InChI=1S/C25H24O4/c1-16-11-18(3)23(12-17(16)2)24(26)15-29-25(27)10-6-19-5-7-21-14-22(28-4)9-8-20(21)13-19/h5-14H,15H2,1-4H3/b10-6+. The van der Waals surface area contributed by atoms with E-state index in [4.69, 9.17) is 9.47 Å². The largest absolute Gasteiger partial charge is 0.497 e. The molecule has 0 saturated carbocycles. The second kappa shape index (κ2) is 8.74. The summed E-state index contributed by atoms with van der Waals surface area (Å²) in [7, 11) is 1.63. The molecule has 0 amide bonds. The van der Waals surface area contributed by atoms with Crippen molar-refractivity contribution in [3.05, 3.63) is 82.4 Å². The van der Waals surface area contributed by atoms with Gasteiger partial charge in [-0.2, -0.15) is 0 Å². The van der Waals surface area contributed by atoms with Crippen molar-refractivity contribution in [2.45, 2.75) is 20.8 Å². The summed E-state index contributed by atoms with van der Waals surface area (Å²) in [5.41, 5.74) is 4.52. The lowest BCUT2D eigenvalue weighted by molar-refractivity contribution is -0.136. The van der Waals surface area contributed by atoms with E-state index in [1.54, 1.807) is 13.2 Å². The highest BCUT2D eigenvalue weighted by atomic mass is 16.5. The van der Waals surface area contributed by atoms with Crippen molar-refractivity contribution in [3.63, 3.8) is 0 Å². The zero-order chi connectivity index (χ0) is 21.0. The van der Waals surface area contributed by atoms with E-state index < -0.39 is 5.97 Å². The minimum atomic E-state index is -0.547. The number of hydrogen-bond acceptors (Lipinski definition) is 4. The van der Waals surface area contributed by atoms with Gasteiger partial charge in [-0.3, -0.25) is 4.79 Å². The third kappa shape index (κ3) is 4.91. The van der Waals surface area contributed by atoms with Crippen LogP contribution in [0.15, 0.2) is 54.6 Å². The fraction of sp³-hybridized carbons (Fsp3) is 0.200. The molecular formula is C25H24O4. The lowest BCUT2D eigenvalue weighted by Gasteiger charge is -2.09. The van der Waals surface area contributed by atoms with Crippen LogP contribution in [0.4, 0.5) is 0 Å². The van der Waals surface area contributed by atoms with Gasteiger partial charge in [0.1, 0.15) is 5.75 Å². The molecule has 0 radical (unpaired) electrons. The van der Waals surface area contributed by atoms with E-state index in [9.17, 15) is 9.59 Å². The molecule has 148 valence electrons. The first kappa shape index (κ1) is 20.3. The number of esters is 1. The number of fused-ring (bicyclic) bond motifs is 1. The van der Waals surface area contributed by atoms with Gasteiger partial charge >= 0.3 is 5.97 Å². The van der Waals surface area contributed by atoms with E-state index in [1.807, 2.05) is 69.3 Å². The van der Waals surface area contributed by atoms with Gasteiger partial charge < -0.3 is 9.47 Å². The second-order valence-corrected chi connectivity index (χ2v) is 7.09. The molecule has 0 heterocycles. The molecule has 0 aromatic heterocycles. The summed E-state index contributed by atoms with van der Waals surface area (Å²) in [6.45, 7) is 5.57. The summed E-state index contributed by atoms with van der Waals surface area (Å²) >= 11 is 0. The Labute approximate surface area is 170 Å². The molecule has 4 nitrogen and oxygen atoms in total. The van der Waals surface area contributed by atoms with Gasteiger partial charge in [-0.15, -0.1) is 0 Å². The van der Waals surface area contributed by atoms with E-state index in [0.29, 0.717) is 5.56 Å². The lowest BCUT2D eigenvalue weighted by Crippen LogP contribution is -2.14. The van der Waals surface area contributed by atoms with Crippen LogP contribution >= 0.6 is 0 Å². The molecule has 0 unspecified atom stereocenters. The van der Waals surface area contributed by atoms with Gasteiger partial charge in [0, 0.05) is 11.6 Å². The van der Waals surface area contributed by atoms with E-state index in [2.05, 4.69) is 0 Å². The van der Waals surface area contributed by atoms with Gasteiger partial charge in [0.25, 0.3) is 0 Å². The Morgan fingerprint density at radius 3 is 2.31 bits per heavy atom. The highest BCUT2D eigenvalue weighted by Crippen LogP contribution is 2.22. The molecular weight excluding hydrogens is 364 g/mol. The van der Waals surface area contributed by atoms with Crippen LogP contribution in [0.1, 0.15) is 32.6 Å². The molecule has 0 atom stereocenters. The first-order valence-corrected chi connectivity index (χ1v) is 9.41. The number of ether oxygens (including phenoxy) is 2. The van der Waals surface area contributed by atoms with E-state index in [-0.39, 0.29) is 12.4 Å². The fourth-order valence-electron chi connectivity index (χ4n) is 3.16. The molecule has 0 saturated heterocycles. The summed E-state index contributed by atoms with van der Waals surface area (Å²) < 4.78 is 10.4. The van der Waals surface area contributed by atoms with Crippen molar-refractivity contribution < 1.29 is 19.1 Å². The van der Waals surface area contributed by atoms with Gasteiger partial charge in [-0.1, -0.05) is 24.3 Å². The van der Waals surface area contributed by atoms with Crippen LogP contribution in [-0.4, -0.2) is 25.5 Å². The third-order valence-corrected chi connectivity index (χ3v) is 4.97. The normalized spacial score (nSPS) is 11.0. The molecule has 0 aliphatic heterocycles. The molecule has 3 rings (SSSR count). The summed E-state index contributed by atoms with van der Waals surface area (Å²) in [4.78, 5) is 24.4. The number of carbonyl (C=O) groups is 2. The molecule has 0 bridgehead atoms. The van der Waals surface area contributed by atoms with E-state index >= 15 is 0 Å². The van der Waals surface area contributed by atoms with Crippen molar-refractivity contribution in [2.75, 3.05) is 13.7 Å². The molecule has 0 spiro atoms. The predicted molar refractivity (Wildman–Crippen MR) is 115 cm³/mol. The van der Waals surface area contributed by atoms with Crippen LogP contribution in [0, 0.1) is 20.8 Å². The van der Waals surface area contributed by atoms with Gasteiger partial charge in [-0.25, -0.2) is 4.79 Å². The summed E-state index contributed by atoms with van der Waals surface area (Å²) in [5.74, 6) is 0.0507. The number of rotatable bonds is 6. The SMILES string of the molecule is COc1ccc2cc(/C=C/C(=O)OCC(=O)c3cc(C)c(C)cc3C)ccc2c1. The zero-order valence-corrected chi connectivity index (χ0v) is 17.1. The van der Waals surface area contributed by atoms with Crippen molar-refractivity contribution >= 4 is 28.6 Å². The lowest BCUT2D eigenvalue weighted by atomic mass is 9.98. The van der Waals surface area contributed by atoms with Crippen LogP contribution in [0.5, 0.6) is 5.75 Å². The molecule has 4 heteroatoms. The van der Waals surface area contributed by atoms with Crippen LogP contribution in [0.25, 0.3) is 16.8 Å². The van der Waals surface area contributed by atoms with E-state index in [0.717, 1.165) is 38.8 Å². The van der Waals surface area contributed by atoms with Gasteiger partial charge in [-0.05, 0) is 84.1 Å². The Hall–Kier alpha value is -3.40. The van der Waals surface area contributed by atoms with Crippen LogP contribution in [0.2, 0.25) is 0 Å². The molecule has 3 aromatic rings. The fourth-order valence-corrected chi connectivity index (χ4v) is 3.16. The smallest absolute Gasteiger partial charge is 0.331 e. The number of ketones is 1. The third-order valence-electron chi connectivity index (χ3n) is 4.97. The maximum Gasteiger partial charge on any atom is 0.331 e. The van der Waals surface area contributed by atoms with Crippen molar-refractivity contribution in [1.29, 1.82) is 0 Å². The van der Waals surface area contributed by atoms with Gasteiger partial charge in [0.15, 0.2) is 6.61 Å². The Kier molecular flexibility index (Phi) is 6.13. The Morgan fingerprint density at radius 1 is 0.862 bits per heavy atom. The second-order valence-electron chi connectivity index (χ2n) is 7.09. The monoisotopic (exact) mass is 388 g/mol. The number of hydrogen-bond donors (Lipinski definition) is 0.